The Hall–Kier alpha value is -3.83. The van der Waals surface area contributed by atoms with Crippen molar-refractivity contribution in [2.45, 2.75) is 45.4 Å². The molecular weight excluding hydrogens is 494 g/mol. The highest BCUT2D eigenvalue weighted by atomic mass is 32.2. The highest BCUT2D eigenvalue weighted by Gasteiger charge is 2.17. The van der Waals surface area contributed by atoms with E-state index in [1.165, 1.54) is 25.3 Å². The third kappa shape index (κ3) is 7.11. The molecule has 0 aliphatic heterocycles. The minimum absolute atomic E-state index is 0.0431. The van der Waals surface area contributed by atoms with Crippen LogP contribution in [0.4, 0.5) is 28.4 Å². The van der Waals surface area contributed by atoms with E-state index in [-0.39, 0.29) is 11.4 Å². The number of aryl methyl sites for hydroxylation is 3. The second-order valence-corrected chi connectivity index (χ2v) is 9.90. The minimum Gasteiger partial charge on any atom is -0.497 e. The standard InChI is InChI=1S/C26H31N5O5S/c1-6-7-10-36-25-15-23(30-29-22-12-16(2)20(27)11-17(22)3)18(4)13-24(25)31-28-21-9-8-19(35-5)14-26(21)37(32,33)34/h8-9,11-15H,6-7,10,27H2,1-5H3,(H,32,33,34). The average Bonchev–Trinajstić information content (AvgIpc) is 2.85. The van der Waals surface area contributed by atoms with Crippen molar-refractivity contribution in [2.75, 3.05) is 19.5 Å². The molecule has 0 aliphatic carbocycles. The SMILES string of the molecule is CCCCOc1cc(N=Nc2cc(C)c(N)cc2C)c(C)cc1N=Nc1ccc(OC)cc1S(=O)(=O)O. The van der Waals surface area contributed by atoms with Crippen LogP contribution < -0.4 is 15.2 Å². The van der Waals surface area contributed by atoms with Gasteiger partial charge in [-0.25, -0.2) is 0 Å². The second kappa shape index (κ2) is 11.9. The first-order valence-corrected chi connectivity index (χ1v) is 13.1. The van der Waals surface area contributed by atoms with Crippen LogP contribution in [0, 0.1) is 20.8 Å². The Morgan fingerprint density at radius 2 is 1.43 bits per heavy atom. The van der Waals surface area contributed by atoms with Crippen molar-refractivity contribution in [2.24, 2.45) is 20.5 Å². The lowest BCUT2D eigenvalue weighted by molar-refractivity contribution is 0.310. The van der Waals surface area contributed by atoms with Gasteiger partial charge >= 0.3 is 0 Å². The lowest BCUT2D eigenvalue weighted by Crippen LogP contribution is -1.99. The summed E-state index contributed by atoms with van der Waals surface area (Å²) in [7, 11) is -3.17. The quantitative estimate of drug-likeness (QED) is 0.121. The molecule has 0 saturated carbocycles. The summed E-state index contributed by atoms with van der Waals surface area (Å²) >= 11 is 0. The molecule has 10 nitrogen and oxygen atoms in total. The van der Waals surface area contributed by atoms with Gasteiger partial charge in [0.2, 0.25) is 0 Å². The Labute approximate surface area is 217 Å². The molecule has 0 bridgehead atoms. The van der Waals surface area contributed by atoms with Gasteiger partial charge in [-0.15, -0.1) is 10.2 Å². The van der Waals surface area contributed by atoms with E-state index in [0.717, 1.165) is 29.5 Å². The fourth-order valence-electron chi connectivity index (χ4n) is 3.35. The average molecular weight is 526 g/mol. The van der Waals surface area contributed by atoms with Crippen LogP contribution in [-0.2, 0) is 10.1 Å². The number of anilines is 1. The van der Waals surface area contributed by atoms with Crippen LogP contribution in [0.15, 0.2) is 67.8 Å². The van der Waals surface area contributed by atoms with Gasteiger partial charge in [-0.2, -0.15) is 18.6 Å². The molecule has 0 aliphatic rings. The van der Waals surface area contributed by atoms with Crippen molar-refractivity contribution < 1.29 is 22.4 Å². The molecule has 3 aromatic carbocycles. The van der Waals surface area contributed by atoms with E-state index in [9.17, 15) is 13.0 Å². The van der Waals surface area contributed by atoms with E-state index < -0.39 is 15.0 Å². The highest BCUT2D eigenvalue weighted by molar-refractivity contribution is 7.86. The maximum Gasteiger partial charge on any atom is 0.296 e. The van der Waals surface area contributed by atoms with Gasteiger partial charge in [-0.05, 0) is 74.2 Å². The summed E-state index contributed by atoms with van der Waals surface area (Å²) in [4.78, 5) is -0.416. The normalized spacial score (nSPS) is 11.9. The number of unbranched alkanes of at least 4 members (excludes halogenated alkanes) is 1. The van der Waals surface area contributed by atoms with Crippen LogP contribution in [0.5, 0.6) is 11.5 Å². The summed E-state index contributed by atoms with van der Waals surface area (Å²) in [5, 5.41) is 17.2. The van der Waals surface area contributed by atoms with Crippen LogP contribution in [-0.4, -0.2) is 26.7 Å². The molecule has 0 radical (unpaired) electrons. The third-order valence-corrected chi connectivity index (χ3v) is 6.48. The van der Waals surface area contributed by atoms with Crippen LogP contribution in [0.2, 0.25) is 0 Å². The van der Waals surface area contributed by atoms with Crippen molar-refractivity contribution >= 4 is 38.6 Å². The summed E-state index contributed by atoms with van der Waals surface area (Å²) in [6.45, 7) is 8.18. The number of nitrogens with two attached hydrogens (primary N) is 1. The van der Waals surface area contributed by atoms with E-state index in [2.05, 4.69) is 27.4 Å². The summed E-state index contributed by atoms with van der Waals surface area (Å²) in [5.41, 5.74) is 10.9. The van der Waals surface area contributed by atoms with Crippen LogP contribution >= 0.6 is 0 Å². The Balaban J connectivity index is 2.02. The van der Waals surface area contributed by atoms with Gasteiger partial charge in [0, 0.05) is 17.8 Å². The smallest absolute Gasteiger partial charge is 0.296 e. The molecule has 0 saturated heterocycles. The Bertz CT molecular complexity index is 1450. The fraction of sp³-hybridized carbons (Fsp3) is 0.308. The fourth-order valence-corrected chi connectivity index (χ4v) is 3.99. The number of hydrogen-bond acceptors (Lipinski definition) is 9. The first-order chi connectivity index (χ1) is 17.5. The first kappa shape index (κ1) is 27.8. The summed E-state index contributed by atoms with van der Waals surface area (Å²) < 4.78 is 44.4. The monoisotopic (exact) mass is 525 g/mol. The van der Waals surface area contributed by atoms with Crippen molar-refractivity contribution in [3.63, 3.8) is 0 Å². The van der Waals surface area contributed by atoms with Crippen molar-refractivity contribution in [1.29, 1.82) is 0 Å². The van der Waals surface area contributed by atoms with Gasteiger partial charge in [0.15, 0.2) is 0 Å². The maximum atomic E-state index is 11.9. The molecule has 0 atom stereocenters. The second-order valence-electron chi connectivity index (χ2n) is 8.51. The molecule has 0 amide bonds. The van der Waals surface area contributed by atoms with Gasteiger partial charge in [0.25, 0.3) is 10.1 Å². The molecule has 0 spiro atoms. The molecule has 11 heteroatoms. The number of ether oxygens (including phenoxy) is 2. The maximum absolute atomic E-state index is 11.9. The summed E-state index contributed by atoms with van der Waals surface area (Å²) in [6.07, 6.45) is 1.77. The number of azo groups is 2. The lowest BCUT2D eigenvalue weighted by Gasteiger charge is -2.11. The van der Waals surface area contributed by atoms with Gasteiger partial charge in [-0.1, -0.05) is 13.3 Å². The molecule has 3 N–H and O–H groups in total. The number of nitrogens with zero attached hydrogens (tertiary/aromatic N) is 4. The minimum atomic E-state index is -4.56. The zero-order chi connectivity index (χ0) is 27.2. The number of nitrogen functional groups attached to an aromatic ring is 1. The Morgan fingerprint density at radius 3 is 2.08 bits per heavy atom. The summed E-state index contributed by atoms with van der Waals surface area (Å²) in [5.74, 6) is 0.677. The van der Waals surface area contributed by atoms with Crippen molar-refractivity contribution in [3.05, 3.63) is 59.2 Å². The third-order valence-electron chi connectivity index (χ3n) is 5.59. The van der Waals surface area contributed by atoms with Gasteiger partial charge in [0.05, 0.1) is 25.1 Å². The van der Waals surface area contributed by atoms with Crippen molar-refractivity contribution in [3.8, 4) is 11.5 Å². The van der Waals surface area contributed by atoms with E-state index in [0.29, 0.717) is 35.1 Å². The largest absolute Gasteiger partial charge is 0.497 e. The molecule has 0 aromatic heterocycles. The predicted octanol–water partition coefficient (Wildman–Crippen LogP) is 7.46. The predicted molar refractivity (Wildman–Crippen MR) is 143 cm³/mol. The molecular formula is C26H31N5O5S. The first-order valence-electron chi connectivity index (χ1n) is 11.7. The number of rotatable bonds is 10. The zero-order valence-corrected chi connectivity index (χ0v) is 22.3. The van der Waals surface area contributed by atoms with Crippen LogP contribution in [0.3, 0.4) is 0 Å². The van der Waals surface area contributed by atoms with Crippen LogP contribution in [0.1, 0.15) is 36.5 Å². The summed E-state index contributed by atoms with van der Waals surface area (Å²) in [6, 6.07) is 11.3. The molecule has 3 aromatic rings. The molecule has 0 fully saturated rings. The zero-order valence-electron chi connectivity index (χ0n) is 21.5. The topological polar surface area (TPSA) is 148 Å². The molecule has 196 valence electrons. The number of hydrogen-bond donors (Lipinski definition) is 2. The van der Waals surface area contributed by atoms with Crippen LogP contribution in [0.25, 0.3) is 0 Å². The Kier molecular flexibility index (Phi) is 8.95. The van der Waals surface area contributed by atoms with Gasteiger partial charge < -0.3 is 15.2 Å². The molecule has 37 heavy (non-hydrogen) atoms. The lowest BCUT2D eigenvalue weighted by atomic mass is 10.1. The van der Waals surface area contributed by atoms with Gasteiger partial charge in [-0.3, -0.25) is 4.55 Å². The van der Waals surface area contributed by atoms with E-state index in [1.807, 2.05) is 32.9 Å². The molecule has 3 rings (SSSR count). The molecule has 0 unspecified atom stereocenters. The number of benzene rings is 3. The van der Waals surface area contributed by atoms with E-state index in [4.69, 9.17) is 15.2 Å². The highest BCUT2D eigenvalue weighted by Crippen LogP contribution is 2.38. The van der Waals surface area contributed by atoms with E-state index >= 15 is 0 Å². The molecule has 0 heterocycles. The number of methoxy groups -OCH3 is 1. The van der Waals surface area contributed by atoms with Gasteiger partial charge in [0.1, 0.15) is 27.8 Å². The van der Waals surface area contributed by atoms with Crippen molar-refractivity contribution in [1.82, 2.24) is 0 Å². The Morgan fingerprint density at radius 1 is 0.838 bits per heavy atom. The van der Waals surface area contributed by atoms with E-state index in [1.54, 1.807) is 12.1 Å².